The minimum Gasteiger partial charge on any atom is -0.459 e. The van der Waals surface area contributed by atoms with Gasteiger partial charge in [0.2, 0.25) is 17.7 Å². The standard InChI is InChI=1S/C41H59N3O9/c1-22(2)28-17-32-41(53-32)38(4)11-9-27-29(20-50-36(27)48)30(38)21-51-39(41,5)34(28)52-33(46)10-13-43-35(47)31(8-6-7-12-42-23(3)45)44-37(49)40-18-24-14-25(19-40)16-26(40)15-24/h22,24-26,28,30-32,34H,6-21H2,1-5H3,(H,42,45)(H,43,47)(H,44,49)/t24?,25?,26?,28?,30?,31-,32-,34+,38-,39+,40?,41+/m0/s1. The molecule has 3 heterocycles. The Balaban J connectivity index is 0.916. The van der Waals surface area contributed by atoms with Gasteiger partial charge < -0.3 is 34.9 Å². The molecule has 4 unspecified atom stereocenters. The quantitative estimate of drug-likeness (QED) is 0.145. The SMILES string of the molecule is CC(=O)NCCCC[C@H](NC(=O)C12CC3CC(CC1C3)C2)C(=O)NCCC(=O)O[C@@H]1C(C(C)C)C[C@@H]2O[C@@]23[C@@]2(C)CCC4=C(COC4=O)C2CO[C@]13C. The first-order chi connectivity index (χ1) is 25.2. The van der Waals surface area contributed by atoms with Crippen LogP contribution in [0.5, 0.6) is 0 Å². The Bertz CT molecular complexity index is 1580. The molecule has 9 rings (SSSR count). The van der Waals surface area contributed by atoms with Gasteiger partial charge >= 0.3 is 11.9 Å². The summed E-state index contributed by atoms with van der Waals surface area (Å²) in [5.41, 5.74) is -0.375. The van der Waals surface area contributed by atoms with Crippen LogP contribution in [0.25, 0.3) is 0 Å². The van der Waals surface area contributed by atoms with E-state index in [1.54, 1.807) is 0 Å². The molecule has 6 aliphatic carbocycles. The predicted molar refractivity (Wildman–Crippen MR) is 192 cm³/mol. The first-order valence-corrected chi connectivity index (χ1v) is 20.5. The summed E-state index contributed by atoms with van der Waals surface area (Å²) in [6, 6.07) is -0.717. The molecule has 4 bridgehead atoms. The number of amides is 3. The van der Waals surface area contributed by atoms with Crippen molar-refractivity contribution in [1.29, 1.82) is 0 Å². The number of esters is 2. The van der Waals surface area contributed by atoms with Crippen molar-refractivity contribution in [3.63, 3.8) is 0 Å². The topological polar surface area (TPSA) is 162 Å². The third-order valence-electron chi connectivity index (χ3n) is 15.5. The van der Waals surface area contributed by atoms with E-state index in [0.29, 0.717) is 63.2 Å². The lowest BCUT2D eigenvalue weighted by atomic mass is 9.49. The van der Waals surface area contributed by atoms with Gasteiger partial charge in [0.15, 0.2) is 0 Å². The Kier molecular flexibility index (Phi) is 9.31. The van der Waals surface area contributed by atoms with Gasteiger partial charge in [0, 0.05) is 42.8 Å². The number of epoxide rings is 1. The number of unbranched alkanes of at least 4 members (excludes halogenated alkanes) is 1. The highest BCUT2D eigenvalue weighted by molar-refractivity contribution is 5.92. The lowest BCUT2D eigenvalue weighted by Crippen LogP contribution is -2.72. The number of hydrogen-bond donors (Lipinski definition) is 3. The van der Waals surface area contributed by atoms with E-state index in [1.165, 1.54) is 13.3 Å². The molecule has 292 valence electrons. The molecule has 12 heteroatoms. The summed E-state index contributed by atoms with van der Waals surface area (Å²) in [6.07, 6.45) is 8.67. The molecule has 3 amide bonds. The normalized spacial score (nSPS) is 41.8. The maximum absolute atomic E-state index is 13.9. The van der Waals surface area contributed by atoms with Crippen molar-refractivity contribution >= 4 is 29.7 Å². The second kappa shape index (κ2) is 13.3. The van der Waals surface area contributed by atoms with E-state index in [-0.39, 0.29) is 71.3 Å². The molecular weight excluding hydrogens is 678 g/mol. The Morgan fingerprint density at radius 3 is 2.45 bits per heavy atom. The van der Waals surface area contributed by atoms with E-state index in [2.05, 4.69) is 36.7 Å². The molecule has 0 radical (unpaired) electrons. The summed E-state index contributed by atoms with van der Waals surface area (Å²) in [5.74, 6) is 0.856. The minimum absolute atomic E-state index is 0.00436. The van der Waals surface area contributed by atoms with Gasteiger partial charge in [-0.3, -0.25) is 19.2 Å². The Morgan fingerprint density at radius 2 is 1.74 bits per heavy atom. The zero-order valence-electron chi connectivity index (χ0n) is 32.2. The van der Waals surface area contributed by atoms with Crippen LogP contribution in [0.1, 0.15) is 112 Å². The Labute approximate surface area is 313 Å². The maximum atomic E-state index is 13.9. The molecule has 0 aromatic carbocycles. The van der Waals surface area contributed by atoms with Gasteiger partial charge in [-0.1, -0.05) is 20.8 Å². The van der Waals surface area contributed by atoms with E-state index in [4.69, 9.17) is 18.9 Å². The fraction of sp³-hybridized carbons (Fsp3) is 0.829. The number of cyclic esters (lactones) is 1. The van der Waals surface area contributed by atoms with Gasteiger partial charge in [-0.25, -0.2) is 4.79 Å². The molecule has 2 saturated heterocycles. The van der Waals surface area contributed by atoms with E-state index in [1.807, 2.05) is 6.92 Å². The van der Waals surface area contributed by atoms with Crippen molar-refractivity contribution in [3.05, 3.63) is 11.1 Å². The highest BCUT2D eigenvalue weighted by atomic mass is 16.7. The molecule has 0 aromatic heterocycles. The van der Waals surface area contributed by atoms with Crippen molar-refractivity contribution in [1.82, 2.24) is 16.0 Å². The summed E-state index contributed by atoms with van der Waals surface area (Å²) in [4.78, 5) is 65.1. The van der Waals surface area contributed by atoms with Crippen molar-refractivity contribution in [2.75, 3.05) is 26.3 Å². The molecular formula is C41H59N3O9. The smallest absolute Gasteiger partial charge is 0.334 e. The number of carbonyl (C=O) groups excluding carboxylic acids is 5. The Hall–Kier alpha value is -2.99. The first kappa shape index (κ1) is 37.0. The molecule has 1 spiro atoms. The number of ether oxygens (including phenoxy) is 4. The largest absolute Gasteiger partial charge is 0.459 e. The van der Waals surface area contributed by atoms with Crippen molar-refractivity contribution in [3.8, 4) is 0 Å². The second-order valence-electron chi connectivity index (χ2n) is 18.6. The first-order valence-electron chi connectivity index (χ1n) is 20.5. The van der Waals surface area contributed by atoms with Crippen LogP contribution in [0.3, 0.4) is 0 Å². The fourth-order valence-corrected chi connectivity index (χ4v) is 13.0. The van der Waals surface area contributed by atoms with Crippen LogP contribution < -0.4 is 16.0 Å². The van der Waals surface area contributed by atoms with E-state index >= 15 is 0 Å². The van der Waals surface area contributed by atoms with Gasteiger partial charge in [-0.2, -0.15) is 0 Å². The van der Waals surface area contributed by atoms with Crippen molar-refractivity contribution in [2.45, 2.75) is 141 Å². The molecule has 3 N–H and O–H groups in total. The lowest BCUT2D eigenvalue weighted by Gasteiger charge is -2.60. The van der Waals surface area contributed by atoms with E-state index < -0.39 is 29.3 Å². The van der Waals surface area contributed by atoms with E-state index in [9.17, 15) is 24.0 Å². The third kappa shape index (κ3) is 5.77. The van der Waals surface area contributed by atoms with Gasteiger partial charge in [0.05, 0.1) is 24.5 Å². The van der Waals surface area contributed by atoms with Crippen LogP contribution in [0.2, 0.25) is 0 Å². The van der Waals surface area contributed by atoms with Crippen molar-refractivity contribution in [2.24, 2.45) is 46.3 Å². The summed E-state index contributed by atoms with van der Waals surface area (Å²) < 4.78 is 25.4. The van der Waals surface area contributed by atoms with Crippen LogP contribution in [-0.4, -0.2) is 85.4 Å². The zero-order chi connectivity index (χ0) is 37.5. The molecule has 7 fully saturated rings. The second-order valence-corrected chi connectivity index (χ2v) is 18.6. The average Bonchev–Trinajstić information content (AvgIpc) is 3.57. The molecule has 5 saturated carbocycles. The highest BCUT2D eigenvalue weighted by Crippen LogP contribution is 2.73. The summed E-state index contributed by atoms with van der Waals surface area (Å²) in [5, 5.41) is 8.90. The summed E-state index contributed by atoms with van der Waals surface area (Å²) in [6.45, 7) is 11.4. The number of carbonyl (C=O) groups is 5. The number of nitrogens with one attached hydrogen (secondary N) is 3. The summed E-state index contributed by atoms with van der Waals surface area (Å²) >= 11 is 0. The summed E-state index contributed by atoms with van der Waals surface area (Å²) in [7, 11) is 0. The predicted octanol–water partition coefficient (Wildman–Crippen LogP) is 3.89. The average molecular weight is 738 g/mol. The minimum atomic E-state index is -0.887. The molecule has 53 heavy (non-hydrogen) atoms. The molecule has 0 aromatic rings. The molecule has 9 aliphatic rings. The van der Waals surface area contributed by atoms with Crippen LogP contribution in [0.4, 0.5) is 0 Å². The molecule has 10 atom stereocenters. The van der Waals surface area contributed by atoms with Crippen LogP contribution >= 0.6 is 0 Å². The monoisotopic (exact) mass is 737 g/mol. The zero-order valence-corrected chi connectivity index (χ0v) is 32.2. The molecule has 12 nitrogen and oxygen atoms in total. The highest BCUT2D eigenvalue weighted by Gasteiger charge is 2.84. The van der Waals surface area contributed by atoms with Gasteiger partial charge in [0.1, 0.15) is 30.0 Å². The number of hydrogen-bond acceptors (Lipinski definition) is 9. The van der Waals surface area contributed by atoms with Crippen molar-refractivity contribution < 1.29 is 42.9 Å². The fourth-order valence-electron chi connectivity index (χ4n) is 13.0. The van der Waals surface area contributed by atoms with Gasteiger partial charge in [-0.05, 0) is 107 Å². The van der Waals surface area contributed by atoms with Gasteiger partial charge in [0.25, 0.3) is 0 Å². The van der Waals surface area contributed by atoms with E-state index in [0.717, 1.165) is 49.7 Å². The maximum Gasteiger partial charge on any atom is 0.334 e. The van der Waals surface area contributed by atoms with Gasteiger partial charge in [-0.15, -0.1) is 0 Å². The van der Waals surface area contributed by atoms with Crippen LogP contribution in [0.15, 0.2) is 11.1 Å². The number of rotatable bonds is 13. The molecule has 3 aliphatic heterocycles. The third-order valence-corrected chi connectivity index (χ3v) is 15.5. The van der Waals surface area contributed by atoms with Crippen LogP contribution in [-0.2, 0) is 42.9 Å². The van der Waals surface area contributed by atoms with Crippen LogP contribution in [0, 0.1) is 46.3 Å². The Morgan fingerprint density at radius 1 is 0.981 bits per heavy atom. The number of fused-ring (bicyclic) bond motifs is 2. The lowest BCUT2D eigenvalue weighted by molar-refractivity contribution is -0.261.